The van der Waals surface area contributed by atoms with Gasteiger partial charge in [0.2, 0.25) is 0 Å². The van der Waals surface area contributed by atoms with Crippen molar-refractivity contribution in [2.75, 3.05) is 6.61 Å². The van der Waals surface area contributed by atoms with Crippen LogP contribution in [0.3, 0.4) is 0 Å². The highest BCUT2D eigenvalue weighted by Gasteiger charge is 2.66. The van der Waals surface area contributed by atoms with E-state index in [9.17, 15) is 13.0 Å². The Kier molecular flexibility index (Phi) is 5.70. The fourth-order valence-corrected chi connectivity index (χ4v) is 6.14. The van der Waals surface area contributed by atoms with Crippen LogP contribution in [0.1, 0.15) is 65.2 Å². The molecule has 2 aliphatic carbocycles. The third-order valence-electron chi connectivity index (χ3n) is 6.81. The van der Waals surface area contributed by atoms with Crippen molar-refractivity contribution in [3.8, 4) is 0 Å². The molecule has 1 N–H and O–H groups in total. The molecule has 152 valence electrons. The summed E-state index contributed by atoms with van der Waals surface area (Å²) in [4.78, 5) is 0. The van der Waals surface area contributed by atoms with E-state index < -0.39 is 26.7 Å². The van der Waals surface area contributed by atoms with E-state index in [0.717, 1.165) is 32.1 Å². The molecule has 8 heteroatoms. The average Bonchev–Trinajstić information content (AvgIpc) is 2.85. The molecule has 0 aromatic carbocycles. The highest BCUT2D eigenvalue weighted by Crippen LogP contribution is 2.58. The van der Waals surface area contributed by atoms with E-state index in [4.69, 9.17) is 9.47 Å². The van der Waals surface area contributed by atoms with E-state index in [2.05, 4.69) is 0 Å². The van der Waals surface area contributed by atoms with Crippen molar-refractivity contribution in [3.05, 3.63) is 0 Å². The van der Waals surface area contributed by atoms with Crippen LogP contribution in [-0.2, 0) is 19.6 Å². The molecule has 3 aliphatic rings. The lowest BCUT2D eigenvalue weighted by Gasteiger charge is -2.47. The zero-order valence-corrected chi connectivity index (χ0v) is 16.3. The number of alkyl halides is 2. The van der Waals surface area contributed by atoms with E-state index in [1.54, 1.807) is 0 Å². The van der Waals surface area contributed by atoms with Gasteiger partial charge < -0.3 is 9.47 Å². The lowest BCUT2D eigenvalue weighted by Crippen LogP contribution is -2.58. The monoisotopic (exact) mass is 396 g/mol. The molecule has 5 unspecified atom stereocenters. The number of rotatable bonds is 6. The van der Waals surface area contributed by atoms with Crippen molar-refractivity contribution >= 4 is 10.1 Å². The summed E-state index contributed by atoms with van der Waals surface area (Å²) in [6.07, 6.45) is 4.97. The van der Waals surface area contributed by atoms with E-state index in [1.807, 2.05) is 0 Å². The van der Waals surface area contributed by atoms with Crippen LogP contribution in [0.4, 0.5) is 8.78 Å². The fourth-order valence-electron chi connectivity index (χ4n) is 5.43. The molecule has 1 aliphatic heterocycles. The minimum Gasteiger partial charge on any atom is -0.353 e. The average molecular weight is 396 g/mol. The first-order valence-electron chi connectivity index (χ1n) is 9.72. The van der Waals surface area contributed by atoms with Gasteiger partial charge in [0.05, 0.1) is 6.10 Å². The summed E-state index contributed by atoms with van der Waals surface area (Å²) in [7, 11) is -5.17. The van der Waals surface area contributed by atoms with E-state index in [-0.39, 0.29) is 30.7 Å². The Morgan fingerprint density at radius 1 is 1.15 bits per heavy atom. The predicted molar refractivity (Wildman–Crippen MR) is 92.6 cm³/mol. The Morgan fingerprint density at radius 2 is 1.77 bits per heavy atom. The molecule has 0 amide bonds. The maximum Gasteiger partial charge on any atom is 0.303 e. The summed E-state index contributed by atoms with van der Waals surface area (Å²) < 4.78 is 75.0. The van der Waals surface area contributed by atoms with E-state index in [0.29, 0.717) is 26.4 Å². The third-order valence-corrected chi connectivity index (χ3v) is 8.12. The Balaban J connectivity index is 1.76. The van der Waals surface area contributed by atoms with Gasteiger partial charge in [-0.15, -0.1) is 0 Å². The fraction of sp³-hybridized carbons (Fsp3) is 1.00. The van der Waals surface area contributed by atoms with Crippen LogP contribution in [0.25, 0.3) is 0 Å². The molecule has 0 aromatic rings. The topological polar surface area (TPSA) is 72.8 Å². The number of halogens is 2. The highest BCUT2D eigenvalue weighted by molar-refractivity contribution is 7.87. The first-order valence-corrected chi connectivity index (χ1v) is 11.2. The molecular weight excluding hydrogens is 366 g/mol. The zero-order valence-electron chi connectivity index (χ0n) is 15.5. The molecule has 26 heavy (non-hydrogen) atoms. The lowest BCUT2D eigenvalue weighted by molar-refractivity contribution is -0.205. The molecule has 3 fully saturated rings. The maximum atomic E-state index is 15.8. The Morgan fingerprint density at radius 3 is 2.23 bits per heavy atom. The van der Waals surface area contributed by atoms with Gasteiger partial charge in [-0.25, -0.2) is 8.78 Å². The second kappa shape index (κ2) is 7.26. The summed E-state index contributed by atoms with van der Waals surface area (Å²) in [6.45, 7) is 2.79. The molecule has 1 heterocycles. The first-order chi connectivity index (χ1) is 12.1. The molecule has 0 aromatic heterocycles. The molecule has 5 atom stereocenters. The predicted octanol–water partition coefficient (Wildman–Crippen LogP) is 4.03. The molecule has 3 rings (SSSR count). The van der Waals surface area contributed by atoms with Crippen LogP contribution >= 0.6 is 0 Å². The zero-order chi connectivity index (χ0) is 19.2. The maximum absolute atomic E-state index is 15.8. The summed E-state index contributed by atoms with van der Waals surface area (Å²) >= 11 is 0. The van der Waals surface area contributed by atoms with Gasteiger partial charge >= 0.3 is 10.1 Å². The van der Waals surface area contributed by atoms with Crippen LogP contribution in [-0.4, -0.2) is 42.6 Å². The van der Waals surface area contributed by atoms with Gasteiger partial charge in [-0.05, 0) is 70.1 Å². The van der Waals surface area contributed by atoms with Crippen LogP contribution in [0.15, 0.2) is 0 Å². The number of hydrogen-bond donors (Lipinski definition) is 1. The number of ether oxygens (including phenoxy) is 2. The second-order valence-electron chi connectivity index (χ2n) is 8.26. The Labute approximate surface area is 154 Å². The van der Waals surface area contributed by atoms with Gasteiger partial charge in [0.15, 0.2) is 12.0 Å². The minimum absolute atomic E-state index is 0.0652. The van der Waals surface area contributed by atoms with Gasteiger partial charge in [-0.2, -0.15) is 8.42 Å². The van der Waals surface area contributed by atoms with Crippen molar-refractivity contribution in [2.45, 2.75) is 88.3 Å². The van der Waals surface area contributed by atoms with E-state index in [1.165, 1.54) is 6.92 Å². The third kappa shape index (κ3) is 3.42. The van der Waals surface area contributed by atoms with Gasteiger partial charge in [-0.3, -0.25) is 4.55 Å². The number of fused-ring (bicyclic) bond motifs is 2. The number of hydrogen-bond acceptors (Lipinski definition) is 4. The molecule has 2 saturated carbocycles. The first kappa shape index (κ1) is 20.4. The SMILES string of the molecule is CCC(F)(C1C2CCC1CC(OC1CCCCO1)C2)C(C)(F)S(=O)(=O)O. The molecule has 0 radical (unpaired) electrons. The van der Waals surface area contributed by atoms with Crippen LogP contribution in [0.2, 0.25) is 0 Å². The molecule has 1 saturated heterocycles. The summed E-state index contributed by atoms with van der Waals surface area (Å²) in [5, 5.41) is -3.32. The Bertz CT molecular complexity index is 591. The summed E-state index contributed by atoms with van der Waals surface area (Å²) in [5.41, 5.74) is -2.61. The second-order valence-corrected chi connectivity index (χ2v) is 9.97. The van der Waals surface area contributed by atoms with Crippen LogP contribution < -0.4 is 0 Å². The van der Waals surface area contributed by atoms with Crippen molar-refractivity contribution in [1.29, 1.82) is 0 Å². The largest absolute Gasteiger partial charge is 0.353 e. The van der Waals surface area contributed by atoms with Crippen LogP contribution in [0.5, 0.6) is 0 Å². The standard InChI is InChI=1S/C18H30F2O5S/c1-3-18(20,17(2,19)26(21,22)23)16-12-7-8-13(16)11-14(10-12)25-15-6-4-5-9-24-15/h12-16H,3-11H2,1-2H3,(H,21,22,23). The lowest BCUT2D eigenvalue weighted by atomic mass is 9.66. The summed E-state index contributed by atoms with van der Waals surface area (Å²) in [6, 6.07) is 0. The van der Waals surface area contributed by atoms with E-state index >= 15 is 8.78 Å². The quantitative estimate of drug-likeness (QED) is 0.687. The molecule has 5 nitrogen and oxygen atoms in total. The van der Waals surface area contributed by atoms with Crippen molar-refractivity contribution in [3.63, 3.8) is 0 Å². The van der Waals surface area contributed by atoms with Gasteiger partial charge in [0, 0.05) is 12.5 Å². The van der Waals surface area contributed by atoms with Crippen molar-refractivity contribution in [1.82, 2.24) is 0 Å². The summed E-state index contributed by atoms with van der Waals surface area (Å²) in [5.74, 6) is -1.02. The smallest absolute Gasteiger partial charge is 0.303 e. The van der Waals surface area contributed by atoms with Gasteiger partial charge in [0.25, 0.3) is 5.00 Å². The Hall–Kier alpha value is -0.310. The highest BCUT2D eigenvalue weighted by atomic mass is 32.2. The molecule has 2 bridgehead atoms. The van der Waals surface area contributed by atoms with Gasteiger partial charge in [0.1, 0.15) is 0 Å². The minimum atomic E-state index is -5.17. The van der Waals surface area contributed by atoms with Gasteiger partial charge in [-0.1, -0.05) is 6.92 Å². The normalized spacial score (nSPS) is 40.0. The van der Waals surface area contributed by atoms with Crippen molar-refractivity contribution in [2.24, 2.45) is 17.8 Å². The molecule has 0 spiro atoms. The van der Waals surface area contributed by atoms with Crippen molar-refractivity contribution < 1.29 is 31.2 Å². The van der Waals surface area contributed by atoms with Crippen LogP contribution in [0, 0.1) is 17.8 Å². The molecular formula is C18H30F2O5S.